The first kappa shape index (κ1) is 30.2. The Morgan fingerprint density at radius 2 is 1.42 bits per heavy atom. The molecule has 11 nitrogen and oxygen atoms in total. The smallest absolute Gasteiger partial charge is 0.336 e. The van der Waals surface area contributed by atoms with Gasteiger partial charge in [-0.25, -0.2) is 9.78 Å². The third-order valence-electron chi connectivity index (χ3n) is 5.27. The molecule has 1 aromatic carbocycles. The van der Waals surface area contributed by atoms with Crippen LogP contribution >= 0.6 is 11.6 Å². The number of hydrogen-bond donors (Lipinski definition) is 5. The van der Waals surface area contributed by atoms with E-state index in [0.717, 1.165) is 47.3 Å². The van der Waals surface area contributed by atoms with Crippen molar-refractivity contribution < 1.29 is 34.8 Å². The van der Waals surface area contributed by atoms with Crippen LogP contribution in [-0.4, -0.2) is 65.9 Å². The van der Waals surface area contributed by atoms with Crippen molar-refractivity contribution in [1.82, 2.24) is 14.9 Å². The van der Waals surface area contributed by atoms with Gasteiger partial charge in [-0.3, -0.25) is 19.5 Å². The highest BCUT2D eigenvalue weighted by Gasteiger charge is 2.40. The zero-order valence-electron chi connectivity index (χ0n) is 20.6. The molecule has 0 saturated carbocycles. The standard InChI is InChI=1S/C20H21ClN4.C6H8O7/c1-22-20-17(8-6-12-24-20)14-25(15-18-9-4-5-11-23-18)13-16-7-2-3-10-19(16)21;7-3(8)1-6(13,5(11)12)2-4(9)10/h2-12H,13-15H2,1H3,(H,22,24);13H,1-2H2,(H,7,8)(H,9,10)(H,11,12). The molecule has 3 rings (SSSR count). The largest absolute Gasteiger partial charge is 0.481 e. The second-order valence-electron chi connectivity index (χ2n) is 8.30. The number of pyridine rings is 2. The summed E-state index contributed by atoms with van der Waals surface area (Å²) in [7, 11) is 1.89. The number of carboxylic acid groups (broad SMARTS) is 3. The van der Waals surface area contributed by atoms with E-state index in [2.05, 4.69) is 32.3 Å². The van der Waals surface area contributed by atoms with E-state index in [1.807, 2.05) is 55.7 Å². The van der Waals surface area contributed by atoms with Crippen LogP contribution in [-0.2, 0) is 34.0 Å². The molecule has 0 saturated heterocycles. The molecular formula is C26H29ClN4O7. The molecule has 0 amide bonds. The monoisotopic (exact) mass is 544 g/mol. The average Bonchev–Trinajstić information content (AvgIpc) is 2.85. The lowest BCUT2D eigenvalue weighted by Gasteiger charge is -2.23. The van der Waals surface area contributed by atoms with E-state index in [-0.39, 0.29) is 0 Å². The van der Waals surface area contributed by atoms with Crippen LogP contribution in [0, 0.1) is 0 Å². The summed E-state index contributed by atoms with van der Waals surface area (Å²) in [6.07, 6.45) is 1.34. The summed E-state index contributed by atoms with van der Waals surface area (Å²) in [5.74, 6) is -4.12. The van der Waals surface area contributed by atoms with Gasteiger partial charge in [-0.15, -0.1) is 0 Å². The Labute approximate surface area is 224 Å². The number of benzene rings is 1. The minimum atomic E-state index is -2.74. The molecule has 202 valence electrons. The maximum atomic E-state index is 10.3. The molecule has 0 atom stereocenters. The van der Waals surface area contributed by atoms with Gasteiger partial charge in [0.15, 0.2) is 5.60 Å². The van der Waals surface area contributed by atoms with Crippen molar-refractivity contribution in [2.24, 2.45) is 0 Å². The van der Waals surface area contributed by atoms with Crippen molar-refractivity contribution in [3.8, 4) is 0 Å². The normalized spacial score (nSPS) is 10.8. The van der Waals surface area contributed by atoms with Crippen LogP contribution in [0.15, 0.2) is 67.0 Å². The van der Waals surface area contributed by atoms with Gasteiger partial charge in [0.25, 0.3) is 0 Å². The molecule has 2 aromatic heterocycles. The Kier molecular flexibility index (Phi) is 11.6. The van der Waals surface area contributed by atoms with Gasteiger partial charge in [0.05, 0.1) is 18.5 Å². The first-order valence-electron chi connectivity index (χ1n) is 11.4. The second kappa shape index (κ2) is 14.6. The van der Waals surface area contributed by atoms with Crippen molar-refractivity contribution >= 4 is 35.3 Å². The third kappa shape index (κ3) is 9.77. The summed E-state index contributed by atoms with van der Waals surface area (Å²) in [5, 5.41) is 37.8. The number of halogens is 1. The third-order valence-corrected chi connectivity index (χ3v) is 5.64. The number of rotatable bonds is 12. The molecule has 0 aliphatic heterocycles. The number of carbonyl (C=O) groups is 3. The fraction of sp³-hybridized carbons (Fsp3) is 0.269. The molecule has 38 heavy (non-hydrogen) atoms. The lowest BCUT2D eigenvalue weighted by molar-refractivity contribution is -0.170. The number of aliphatic hydroxyl groups is 1. The molecule has 0 aliphatic rings. The van der Waals surface area contributed by atoms with Crippen molar-refractivity contribution in [1.29, 1.82) is 0 Å². The molecule has 0 spiro atoms. The number of aliphatic carboxylic acids is 3. The molecule has 0 unspecified atom stereocenters. The van der Waals surface area contributed by atoms with E-state index < -0.39 is 36.4 Å². The van der Waals surface area contributed by atoms with E-state index in [1.54, 1.807) is 6.20 Å². The predicted octanol–water partition coefficient (Wildman–Crippen LogP) is 3.13. The van der Waals surface area contributed by atoms with Gasteiger partial charge in [-0.1, -0.05) is 41.9 Å². The van der Waals surface area contributed by atoms with E-state index in [4.69, 9.17) is 32.0 Å². The topological polar surface area (TPSA) is 173 Å². The summed E-state index contributed by atoms with van der Waals surface area (Å²) in [5.41, 5.74) is 0.546. The van der Waals surface area contributed by atoms with E-state index in [9.17, 15) is 14.4 Å². The predicted molar refractivity (Wildman–Crippen MR) is 140 cm³/mol. The van der Waals surface area contributed by atoms with E-state index in [0.29, 0.717) is 0 Å². The van der Waals surface area contributed by atoms with Crippen molar-refractivity contribution in [2.75, 3.05) is 12.4 Å². The van der Waals surface area contributed by atoms with Crippen LogP contribution in [0.1, 0.15) is 29.7 Å². The van der Waals surface area contributed by atoms with Crippen molar-refractivity contribution in [3.63, 3.8) is 0 Å². The SMILES string of the molecule is CNc1ncccc1CN(Cc1ccccn1)Cc1ccccc1Cl.O=C(O)CC(O)(CC(=O)O)C(=O)O. The van der Waals surface area contributed by atoms with Gasteiger partial charge < -0.3 is 25.7 Å². The number of nitrogens with zero attached hydrogens (tertiary/aromatic N) is 3. The minimum absolute atomic E-state index is 0.740. The van der Waals surface area contributed by atoms with Crippen LogP contribution in [0.3, 0.4) is 0 Å². The van der Waals surface area contributed by atoms with E-state index in [1.165, 1.54) is 0 Å². The summed E-state index contributed by atoms with van der Waals surface area (Å²) < 4.78 is 0. The molecule has 12 heteroatoms. The summed E-state index contributed by atoms with van der Waals surface area (Å²) in [6, 6.07) is 18.0. The number of anilines is 1. The number of aromatic nitrogens is 2. The quantitative estimate of drug-likeness (QED) is 0.226. The highest BCUT2D eigenvalue weighted by atomic mass is 35.5. The maximum Gasteiger partial charge on any atom is 0.336 e. The highest BCUT2D eigenvalue weighted by molar-refractivity contribution is 6.31. The average molecular weight is 545 g/mol. The molecule has 0 radical (unpaired) electrons. The van der Waals surface area contributed by atoms with Crippen LogP contribution in [0.5, 0.6) is 0 Å². The van der Waals surface area contributed by atoms with Crippen molar-refractivity contribution in [2.45, 2.75) is 38.1 Å². The van der Waals surface area contributed by atoms with Gasteiger partial charge in [-0.05, 0) is 29.8 Å². The lowest BCUT2D eigenvalue weighted by atomic mass is 9.96. The number of hydrogen-bond acceptors (Lipinski definition) is 8. The fourth-order valence-corrected chi connectivity index (χ4v) is 3.70. The summed E-state index contributed by atoms with van der Waals surface area (Å²) >= 11 is 6.37. The summed E-state index contributed by atoms with van der Waals surface area (Å²) in [4.78, 5) is 41.7. The molecule has 0 bridgehead atoms. The number of nitrogens with one attached hydrogen (secondary N) is 1. The fourth-order valence-electron chi connectivity index (χ4n) is 3.50. The molecule has 0 fully saturated rings. The van der Waals surface area contributed by atoms with Gasteiger partial charge >= 0.3 is 17.9 Å². The van der Waals surface area contributed by atoms with Crippen LogP contribution in [0.25, 0.3) is 0 Å². The molecular weight excluding hydrogens is 516 g/mol. The molecule has 5 N–H and O–H groups in total. The Morgan fingerprint density at radius 1 is 0.842 bits per heavy atom. The molecule has 0 aliphatic carbocycles. The lowest BCUT2D eigenvalue weighted by Crippen LogP contribution is -2.42. The Hall–Kier alpha value is -4.06. The Balaban J connectivity index is 0.000000332. The second-order valence-corrected chi connectivity index (χ2v) is 8.70. The van der Waals surface area contributed by atoms with Crippen molar-refractivity contribution in [3.05, 3.63) is 88.8 Å². The maximum absolute atomic E-state index is 10.3. The molecule has 3 aromatic rings. The van der Waals surface area contributed by atoms with Crippen LogP contribution < -0.4 is 5.32 Å². The Morgan fingerprint density at radius 3 is 1.97 bits per heavy atom. The Bertz CT molecular complexity index is 1210. The zero-order valence-corrected chi connectivity index (χ0v) is 21.4. The van der Waals surface area contributed by atoms with Crippen LogP contribution in [0.2, 0.25) is 5.02 Å². The van der Waals surface area contributed by atoms with Gasteiger partial charge in [0, 0.05) is 49.7 Å². The van der Waals surface area contributed by atoms with Gasteiger partial charge in [0.1, 0.15) is 5.82 Å². The van der Waals surface area contributed by atoms with Gasteiger partial charge in [0.2, 0.25) is 0 Å². The minimum Gasteiger partial charge on any atom is -0.481 e. The molecule has 2 heterocycles. The summed E-state index contributed by atoms with van der Waals surface area (Å²) in [6.45, 7) is 2.24. The zero-order chi connectivity index (χ0) is 28.1. The highest BCUT2D eigenvalue weighted by Crippen LogP contribution is 2.21. The number of carboxylic acids is 3. The van der Waals surface area contributed by atoms with E-state index >= 15 is 0 Å². The van der Waals surface area contributed by atoms with Crippen LogP contribution in [0.4, 0.5) is 5.82 Å². The first-order valence-corrected chi connectivity index (χ1v) is 11.8. The van der Waals surface area contributed by atoms with Gasteiger partial charge in [-0.2, -0.15) is 0 Å². The first-order chi connectivity index (χ1) is 18.0.